The lowest BCUT2D eigenvalue weighted by atomic mass is 9.98. The molecule has 24 heavy (non-hydrogen) atoms. The summed E-state index contributed by atoms with van der Waals surface area (Å²) in [6, 6.07) is 8.79. The summed E-state index contributed by atoms with van der Waals surface area (Å²) >= 11 is 3.30. The van der Waals surface area contributed by atoms with Crippen LogP contribution in [0.5, 0.6) is 5.75 Å². The van der Waals surface area contributed by atoms with E-state index in [1.807, 2.05) is 32.9 Å². The number of hydrogen-bond donors (Lipinski definition) is 0. The van der Waals surface area contributed by atoms with E-state index in [1.165, 1.54) is 7.11 Å². The first-order chi connectivity index (χ1) is 11.3. The molecule has 0 aliphatic rings. The third kappa shape index (κ3) is 4.03. The number of carbonyl (C=O) groups excluding carboxylic acids is 2. The Morgan fingerprint density at radius 1 is 0.958 bits per heavy atom. The molecule has 2 aromatic rings. The van der Waals surface area contributed by atoms with Crippen molar-refractivity contribution in [1.82, 2.24) is 0 Å². The highest BCUT2D eigenvalue weighted by molar-refractivity contribution is 9.10. The second-order valence-electron chi connectivity index (χ2n) is 5.60. The molecule has 0 N–H and O–H groups in total. The van der Waals surface area contributed by atoms with Gasteiger partial charge in [-0.3, -0.25) is 4.79 Å². The Labute approximate surface area is 149 Å². The number of benzene rings is 2. The van der Waals surface area contributed by atoms with Crippen molar-refractivity contribution >= 4 is 27.7 Å². The molecule has 0 atom stereocenters. The zero-order valence-electron chi connectivity index (χ0n) is 14.1. The van der Waals surface area contributed by atoms with Gasteiger partial charge < -0.3 is 9.47 Å². The van der Waals surface area contributed by atoms with Crippen molar-refractivity contribution in [3.63, 3.8) is 0 Å². The van der Waals surface area contributed by atoms with Crippen LogP contribution in [-0.4, -0.2) is 25.5 Å². The van der Waals surface area contributed by atoms with Gasteiger partial charge in [0.15, 0.2) is 6.61 Å². The lowest BCUT2D eigenvalue weighted by Gasteiger charge is -2.10. The molecule has 0 fully saturated rings. The maximum atomic E-state index is 12.4. The highest BCUT2D eigenvalue weighted by atomic mass is 79.9. The third-order valence-corrected chi connectivity index (χ3v) is 4.56. The van der Waals surface area contributed by atoms with Gasteiger partial charge in [0.05, 0.1) is 12.7 Å². The van der Waals surface area contributed by atoms with Gasteiger partial charge in [0.25, 0.3) is 0 Å². The van der Waals surface area contributed by atoms with E-state index in [1.54, 1.807) is 18.2 Å². The molecule has 0 unspecified atom stereocenters. The lowest BCUT2D eigenvalue weighted by molar-refractivity contribution is 0.0473. The zero-order chi connectivity index (χ0) is 17.9. The highest BCUT2D eigenvalue weighted by Gasteiger charge is 2.17. The molecule has 0 aliphatic carbocycles. The molecule has 4 nitrogen and oxygen atoms in total. The Kier molecular flexibility index (Phi) is 5.78. The number of methoxy groups -OCH3 is 1. The molecule has 5 heteroatoms. The standard InChI is InChI=1S/C19H19BrO4/c1-11-7-13(3)15(8-12(11)2)18(21)10-24-19(22)16-9-14(23-4)5-6-17(16)20/h5-9H,10H2,1-4H3. The van der Waals surface area contributed by atoms with Crippen LogP contribution in [0.1, 0.15) is 37.4 Å². The Balaban J connectivity index is 2.12. The maximum absolute atomic E-state index is 12.4. The molecule has 2 rings (SSSR count). The number of esters is 1. The van der Waals surface area contributed by atoms with Crippen LogP contribution in [0.15, 0.2) is 34.8 Å². The summed E-state index contributed by atoms with van der Waals surface area (Å²) in [7, 11) is 1.52. The Bertz CT molecular complexity index is 796. The van der Waals surface area contributed by atoms with Crippen LogP contribution >= 0.6 is 15.9 Å². The molecular formula is C19H19BrO4. The first-order valence-electron chi connectivity index (χ1n) is 7.45. The smallest absolute Gasteiger partial charge is 0.339 e. The van der Waals surface area contributed by atoms with Gasteiger partial charge in [-0.25, -0.2) is 4.79 Å². The number of carbonyl (C=O) groups is 2. The number of hydrogen-bond acceptors (Lipinski definition) is 4. The normalized spacial score (nSPS) is 10.4. The fourth-order valence-electron chi connectivity index (χ4n) is 2.34. The van der Waals surface area contributed by atoms with E-state index >= 15 is 0 Å². The minimum Gasteiger partial charge on any atom is -0.497 e. The maximum Gasteiger partial charge on any atom is 0.339 e. The summed E-state index contributed by atoms with van der Waals surface area (Å²) in [6.07, 6.45) is 0. The average Bonchev–Trinajstić information content (AvgIpc) is 2.56. The topological polar surface area (TPSA) is 52.6 Å². The molecule has 0 aromatic heterocycles. The Morgan fingerprint density at radius 3 is 2.29 bits per heavy atom. The quantitative estimate of drug-likeness (QED) is 0.559. The van der Waals surface area contributed by atoms with Gasteiger partial charge in [-0.05, 0) is 77.7 Å². The molecule has 0 aliphatic heterocycles. The summed E-state index contributed by atoms with van der Waals surface area (Å²) in [5.74, 6) is -0.250. The van der Waals surface area contributed by atoms with Gasteiger partial charge in [-0.1, -0.05) is 6.07 Å². The number of ether oxygens (including phenoxy) is 2. The molecular weight excluding hydrogens is 372 g/mol. The summed E-state index contributed by atoms with van der Waals surface area (Å²) in [6.45, 7) is 5.52. The number of aryl methyl sites for hydroxylation is 3. The molecule has 0 radical (unpaired) electrons. The minimum atomic E-state index is -0.574. The van der Waals surface area contributed by atoms with E-state index in [4.69, 9.17) is 9.47 Å². The first-order valence-corrected chi connectivity index (χ1v) is 8.24. The van der Waals surface area contributed by atoms with Gasteiger partial charge in [0.2, 0.25) is 5.78 Å². The number of rotatable bonds is 5. The van der Waals surface area contributed by atoms with Crippen LogP contribution < -0.4 is 4.74 Å². The minimum absolute atomic E-state index is 0.219. The van der Waals surface area contributed by atoms with E-state index in [2.05, 4.69) is 15.9 Å². The molecule has 0 heterocycles. The van der Waals surface area contributed by atoms with Crippen molar-refractivity contribution < 1.29 is 19.1 Å². The van der Waals surface area contributed by atoms with Crippen LogP contribution in [0.2, 0.25) is 0 Å². The SMILES string of the molecule is COc1ccc(Br)c(C(=O)OCC(=O)c2cc(C)c(C)cc2C)c1. The number of Topliss-reactive ketones (excluding diaryl/α,β-unsaturated/α-hetero) is 1. The Morgan fingerprint density at radius 2 is 1.62 bits per heavy atom. The van der Waals surface area contributed by atoms with Crippen molar-refractivity contribution in [2.75, 3.05) is 13.7 Å². The lowest BCUT2D eigenvalue weighted by Crippen LogP contribution is -2.16. The van der Waals surface area contributed by atoms with Crippen LogP contribution in [-0.2, 0) is 4.74 Å². The van der Waals surface area contributed by atoms with Crippen molar-refractivity contribution in [1.29, 1.82) is 0 Å². The van der Waals surface area contributed by atoms with E-state index in [9.17, 15) is 9.59 Å². The van der Waals surface area contributed by atoms with E-state index in [0.717, 1.165) is 16.7 Å². The van der Waals surface area contributed by atoms with Crippen LogP contribution in [0, 0.1) is 20.8 Å². The summed E-state index contributed by atoms with van der Waals surface area (Å²) in [5, 5.41) is 0. The number of halogens is 1. The molecule has 0 amide bonds. The zero-order valence-corrected chi connectivity index (χ0v) is 15.7. The number of ketones is 1. The van der Waals surface area contributed by atoms with E-state index in [-0.39, 0.29) is 12.4 Å². The fourth-order valence-corrected chi connectivity index (χ4v) is 2.74. The molecule has 0 spiro atoms. The second kappa shape index (κ2) is 7.62. The molecule has 0 saturated heterocycles. The molecule has 0 bridgehead atoms. The summed E-state index contributed by atoms with van der Waals surface area (Å²) in [5.41, 5.74) is 3.93. The third-order valence-electron chi connectivity index (χ3n) is 3.87. The van der Waals surface area contributed by atoms with Gasteiger partial charge in [-0.15, -0.1) is 0 Å². The van der Waals surface area contributed by atoms with Gasteiger partial charge >= 0.3 is 5.97 Å². The largest absolute Gasteiger partial charge is 0.497 e. The predicted molar refractivity (Wildman–Crippen MR) is 96.0 cm³/mol. The van der Waals surface area contributed by atoms with Crippen molar-refractivity contribution in [2.24, 2.45) is 0 Å². The highest BCUT2D eigenvalue weighted by Crippen LogP contribution is 2.23. The first kappa shape index (κ1) is 18.2. The summed E-state index contributed by atoms with van der Waals surface area (Å²) < 4.78 is 10.9. The van der Waals surface area contributed by atoms with Crippen molar-refractivity contribution in [3.05, 3.63) is 62.6 Å². The van der Waals surface area contributed by atoms with Gasteiger partial charge in [0.1, 0.15) is 5.75 Å². The monoisotopic (exact) mass is 390 g/mol. The van der Waals surface area contributed by atoms with Crippen LogP contribution in [0.25, 0.3) is 0 Å². The summed E-state index contributed by atoms with van der Waals surface area (Å²) in [4.78, 5) is 24.6. The molecule has 2 aromatic carbocycles. The van der Waals surface area contributed by atoms with Gasteiger partial charge in [0, 0.05) is 10.0 Å². The molecule has 126 valence electrons. The van der Waals surface area contributed by atoms with Gasteiger partial charge in [-0.2, -0.15) is 0 Å². The van der Waals surface area contributed by atoms with E-state index in [0.29, 0.717) is 21.3 Å². The average molecular weight is 391 g/mol. The van der Waals surface area contributed by atoms with Crippen LogP contribution in [0.4, 0.5) is 0 Å². The van der Waals surface area contributed by atoms with Crippen molar-refractivity contribution in [2.45, 2.75) is 20.8 Å². The van der Waals surface area contributed by atoms with E-state index < -0.39 is 5.97 Å². The predicted octanol–water partition coefficient (Wildman–Crippen LogP) is 4.42. The second-order valence-corrected chi connectivity index (χ2v) is 6.45. The van der Waals surface area contributed by atoms with Crippen molar-refractivity contribution in [3.8, 4) is 5.75 Å². The fraction of sp³-hybridized carbons (Fsp3) is 0.263. The van der Waals surface area contributed by atoms with Crippen LogP contribution in [0.3, 0.4) is 0 Å². The Hall–Kier alpha value is -2.14. The molecule has 0 saturated carbocycles.